The molecule has 0 heterocycles. The fourth-order valence-electron chi connectivity index (χ4n) is 1.27. The third-order valence-corrected chi connectivity index (χ3v) is 3.30. The van der Waals surface area contributed by atoms with Crippen LogP contribution in [0.2, 0.25) is 0 Å². The van der Waals surface area contributed by atoms with Crippen LogP contribution in [0.5, 0.6) is 0 Å². The van der Waals surface area contributed by atoms with Crippen LogP contribution in [0.3, 0.4) is 0 Å². The highest BCUT2D eigenvalue weighted by Crippen LogP contribution is 2.30. The Hall–Kier alpha value is -0.410. The number of halogens is 2. The first-order valence-electron chi connectivity index (χ1n) is 4.46. The second-order valence-electron chi connectivity index (χ2n) is 4.08. The van der Waals surface area contributed by atoms with Gasteiger partial charge in [0, 0.05) is 9.89 Å². The molecule has 0 aliphatic rings. The Balaban J connectivity index is 3.31. The zero-order valence-electron chi connectivity index (χ0n) is 8.56. The minimum Gasteiger partial charge on any atom is -0.395 e. The number of rotatable bonds is 2. The lowest BCUT2D eigenvalue weighted by atomic mass is 9.84. The van der Waals surface area contributed by atoms with Gasteiger partial charge in [0.15, 0.2) is 0 Å². The molecule has 0 radical (unpaired) electrons. The third kappa shape index (κ3) is 1.98. The first kappa shape index (κ1) is 11.7. The summed E-state index contributed by atoms with van der Waals surface area (Å²) >= 11 is 3.27. The van der Waals surface area contributed by atoms with Gasteiger partial charge in [-0.15, -0.1) is 0 Å². The van der Waals surface area contributed by atoms with E-state index in [2.05, 4.69) is 15.9 Å². The van der Waals surface area contributed by atoms with Crippen LogP contribution in [0.4, 0.5) is 4.39 Å². The summed E-state index contributed by atoms with van der Waals surface area (Å²) in [5, 5.41) is 9.15. The highest BCUT2D eigenvalue weighted by molar-refractivity contribution is 9.10. The normalized spacial score (nSPS) is 11.9. The van der Waals surface area contributed by atoms with E-state index in [9.17, 15) is 4.39 Å². The standard InChI is InChI=1S/C11H14BrFO/c1-7-9(12)5-4-8(10(7)13)11(2,3)6-14/h4-5,14H,6H2,1-3H3. The molecule has 1 aromatic rings. The van der Waals surface area contributed by atoms with E-state index in [4.69, 9.17) is 5.11 Å². The van der Waals surface area contributed by atoms with Crippen molar-refractivity contribution in [2.24, 2.45) is 0 Å². The van der Waals surface area contributed by atoms with E-state index in [1.807, 2.05) is 19.9 Å². The van der Waals surface area contributed by atoms with Gasteiger partial charge >= 0.3 is 0 Å². The summed E-state index contributed by atoms with van der Waals surface area (Å²) in [7, 11) is 0. The van der Waals surface area contributed by atoms with Crippen molar-refractivity contribution in [3.8, 4) is 0 Å². The van der Waals surface area contributed by atoms with Crippen LogP contribution >= 0.6 is 15.9 Å². The van der Waals surface area contributed by atoms with Crippen molar-refractivity contribution in [3.63, 3.8) is 0 Å². The van der Waals surface area contributed by atoms with Crippen molar-refractivity contribution in [1.29, 1.82) is 0 Å². The quantitative estimate of drug-likeness (QED) is 0.866. The van der Waals surface area contributed by atoms with Crippen molar-refractivity contribution < 1.29 is 9.50 Å². The van der Waals surface area contributed by atoms with Gasteiger partial charge in [-0.25, -0.2) is 4.39 Å². The van der Waals surface area contributed by atoms with Crippen LogP contribution in [-0.2, 0) is 5.41 Å². The molecule has 0 spiro atoms. The molecule has 0 aliphatic carbocycles. The minimum absolute atomic E-state index is 0.0645. The van der Waals surface area contributed by atoms with Crippen LogP contribution in [0.25, 0.3) is 0 Å². The maximum atomic E-state index is 13.8. The van der Waals surface area contributed by atoms with E-state index in [1.54, 1.807) is 13.0 Å². The second-order valence-corrected chi connectivity index (χ2v) is 4.93. The maximum Gasteiger partial charge on any atom is 0.131 e. The van der Waals surface area contributed by atoms with Crippen molar-refractivity contribution in [2.75, 3.05) is 6.61 Å². The lowest BCUT2D eigenvalue weighted by molar-refractivity contribution is 0.215. The predicted molar refractivity (Wildman–Crippen MR) is 58.9 cm³/mol. The summed E-state index contributed by atoms with van der Waals surface area (Å²) in [6.45, 7) is 5.29. The van der Waals surface area contributed by atoms with Crippen LogP contribution < -0.4 is 0 Å². The van der Waals surface area contributed by atoms with Gasteiger partial charge in [0.1, 0.15) is 5.82 Å². The maximum absolute atomic E-state index is 13.8. The van der Waals surface area contributed by atoms with Crippen LogP contribution in [0, 0.1) is 12.7 Å². The molecule has 0 fully saturated rings. The van der Waals surface area contributed by atoms with E-state index in [0.717, 1.165) is 4.47 Å². The fraction of sp³-hybridized carbons (Fsp3) is 0.455. The van der Waals surface area contributed by atoms with E-state index in [1.165, 1.54) is 0 Å². The summed E-state index contributed by atoms with van der Waals surface area (Å²) < 4.78 is 14.6. The summed E-state index contributed by atoms with van der Waals surface area (Å²) in [6.07, 6.45) is 0. The topological polar surface area (TPSA) is 20.2 Å². The van der Waals surface area contributed by atoms with Crippen molar-refractivity contribution in [1.82, 2.24) is 0 Å². The number of aliphatic hydroxyl groups is 1. The van der Waals surface area contributed by atoms with Gasteiger partial charge in [0.2, 0.25) is 0 Å². The van der Waals surface area contributed by atoms with Gasteiger partial charge in [-0.1, -0.05) is 35.8 Å². The third-order valence-electron chi connectivity index (χ3n) is 2.44. The Morgan fingerprint density at radius 3 is 2.50 bits per heavy atom. The monoisotopic (exact) mass is 260 g/mol. The Morgan fingerprint density at radius 2 is 2.00 bits per heavy atom. The van der Waals surface area contributed by atoms with E-state index < -0.39 is 5.41 Å². The molecule has 1 aromatic carbocycles. The van der Waals surface area contributed by atoms with Crippen molar-refractivity contribution in [2.45, 2.75) is 26.2 Å². The molecule has 0 amide bonds. The van der Waals surface area contributed by atoms with Crippen LogP contribution in [0.1, 0.15) is 25.0 Å². The minimum atomic E-state index is -0.532. The van der Waals surface area contributed by atoms with Gasteiger partial charge in [0.05, 0.1) is 6.61 Å². The molecule has 0 atom stereocenters. The Bertz CT molecular complexity index is 347. The van der Waals surface area contributed by atoms with E-state index in [-0.39, 0.29) is 12.4 Å². The van der Waals surface area contributed by atoms with Gasteiger partial charge in [-0.2, -0.15) is 0 Å². The highest BCUT2D eigenvalue weighted by atomic mass is 79.9. The lowest BCUT2D eigenvalue weighted by Gasteiger charge is -2.23. The Labute approximate surface area is 92.1 Å². The van der Waals surface area contributed by atoms with Gasteiger partial charge in [-0.05, 0) is 24.1 Å². The fourth-order valence-corrected chi connectivity index (χ4v) is 1.58. The molecule has 1 N–H and O–H groups in total. The average Bonchev–Trinajstić information content (AvgIpc) is 2.14. The summed E-state index contributed by atoms with van der Waals surface area (Å²) in [5.74, 6) is -0.238. The molecular formula is C11H14BrFO. The molecule has 1 nitrogen and oxygen atoms in total. The zero-order chi connectivity index (χ0) is 10.9. The summed E-state index contributed by atoms with van der Waals surface area (Å²) in [6, 6.07) is 3.52. The van der Waals surface area contributed by atoms with Gasteiger partial charge < -0.3 is 5.11 Å². The molecule has 0 bridgehead atoms. The molecule has 0 aromatic heterocycles. The van der Waals surface area contributed by atoms with Gasteiger partial charge in [-0.3, -0.25) is 0 Å². The largest absolute Gasteiger partial charge is 0.395 e. The van der Waals surface area contributed by atoms with Crippen molar-refractivity contribution >= 4 is 15.9 Å². The van der Waals surface area contributed by atoms with Crippen molar-refractivity contribution in [3.05, 3.63) is 33.5 Å². The lowest BCUT2D eigenvalue weighted by Crippen LogP contribution is -2.24. The molecular weight excluding hydrogens is 247 g/mol. The SMILES string of the molecule is Cc1c(Br)ccc(C(C)(C)CO)c1F. The molecule has 3 heteroatoms. The first-order chi connectivity index (χ1) is 6.40. The molecule has 14 heavy (non-hydrogen) atoms. The highest BCUT2D eigenvalue weighted by Gasteiger charge is 2.24. The average molecular weight is 261 g/mol. The first-order valence-corrected chi connectivity index (χ1v) is 5.25. The molecule has 0 aliphatic heterocycles. The molecule has 78 valence electrons. The second kappa shape index (κ2) is 3.99. The number of hydrogen-bond acceptors (Lipinski definition) is 1. The number of hydrogen-bond donors (Lipinski definition) is 1. The Kier molecular flexibility index (Phi) is 3.32. The molecule has 0 saturated heterocycles. The van der Waals surface area contributed by atoms with E-state index >= 15 is 0 Å². The Morgan fingerprint density at radius 1 is 1.43 bits per heavy atom. The molecule has 0 saturated carbocycles. The summed E-state index contributed by atoms with van der Waals surface area (Å²) in [5.41, 5.74) is 0.611. The zero-order valence-corrected chi connectivity index (χ0v) is 10.2. The van der Waals surface area contributed by atoms with Crippen LogP contribution in [-0.4, -0.2) is 11.7 Å². The molecule has 0 unspecified atom stereocenters. The van der Waals surface area contributed by atoms with Gasteiger partial charge in [0.25, 0.3) is 0 Å². The number of aliphatic hydroxyl groups excluding tert-OH is 1. The molecule has 1 rings (SSSR count). The summed E-state index contributed by atoms with van der Waals surface area (Å²) in [4.78, 5) is 0. The van der Waals surface area contributed by atoms with E-state index in [0.29, 0.717) is 11.1 Å². The van der Waals surface area contributed by atoms with Crippen LogP contribution in [0.15, 0.2) is 16.6 Å². The number of benzene rings is 1. The smallest absolute Gasteiger partial charge is 0.131 e. The predicted octanol–water partition coefficient (Wildman–Crippen LogP) is 3.17.